The van der Waals surface area contributed by atoms with Gasteiger partial charge in [-0.05, 0) is 19.1 Å². The lowest BCUT2D eigenvalue weighted by Gasteiger charge is -2.04. The second kappa shape index (κ2) is 4.90. The van der Waals surface area contributed by atoms with Gasteiger partial charge in [0.2, 0.25) is 0 Å². The molecule has 0 saturated carbocycles. The zero-order chi connectivity index (χ0) is 11.3. The third-order valence-electron chi connectivity index (χ3n) is 1.70. The summed E-state index contributed by atoms with van der Waals surface area (Å²) in [6.45, 7) is 1.37. The van der Waals surface area contributed by atoms with E-state index in [-0.39, 0.29) is 11.4 Å². The fraction of sp³-hybridized carbons (Fsp3) is 0.100. The largest absolute Gasteiger partial charge is 0.410 e. The Morgan fingerprint density at radius 2 is 2.00 bits per heavy atom. The molecule has 1 rings (SSSR count). The number of nitrogens with one attached hydrogen (secondary N) is 2. The molecule has 78 valence electrons. The molecule has 5 nitrogen and oxygen atoms in total. The Labute approximate surface area is 86.9 Å². The van der Waals surface area contributed by atoms with Crippen LogP contribution in [0.5, 0.6) is 0 Å². The van der Waals surface area contributed by atoms with E-state index in [1.165, 1.54) is 6.92 Å². The first kappa shape index (κ1) is 10.9. The maximum absolute atomic E-state index is 11.4. The third kappa shape index (κ3) is 2.91. The Morgan fingerprint density at radius 1 is 1.40 bits per heavy atom. The van der Waals surface area contributed by atoms with E-state index in [1.54, 1.807) is 24.3 Å². The number of oxime groups is 1. The molecule has 3 N–H and O–H groups in total. The van der Waals surface area contributed by atoms with Gasteiger partial charge < -0.3 is 15.9 Å². The average Bonchev–Trinajstić information content (AvgIpc) is 2.19. The number of carbonyl (C=O) groups is 1. The minimum atomic E-state index is -0.601. The van der Waals surface area contributed by atoms with Crippen LogP contribution in [0.15, 0.2) is 35.5 Å². The SMILES string of the molecule is CC(=N)C(=NO)C(=O)Nc1ccccc1. The summed E-state index contributed by atoms with van der Waals surface area (Å²) >= 11 is 0. The normalized spacial score (nSPS) is 10.9. The van der Waals surface area contributed by atoms with Crippen molar-refractivity contribution in [3.05, 3.63) is 30.3 Å². The summed E-state index contributed by atoms with van der Waals surface area (Å²) in [4.78, 5) is 11.4. The Bertz CT molecular complexity index is 398. The second-order valence-corrected chi connectivity index (χ2v) is 2.89. The molecule has 1 amide bonds. The van der Waals surface area contributed by atoms with Crippen LogP contribution in [-0.2, 0) is 4.79 Å². The van der Waals surface area contributed by atoms with Crippen LogP contribution >= 0.6 is 0 Å². The fourth-order valence-electron chi connectivity index (χ4n) is 1.00. The summed E-state index contributed by atoms with van der Waals surface area (Å²) in [5.74, 6) is -0.601. The first-order valence-electron chi connectivity index (χ1n) is 4.29. The number of hydrogen-bond acceptors (Lipinski definition) is 4. The molecule has 0 aromatic heterocycles. The van der Waals surface area contributed by atoms with E-state index in [1.807, 2.05) is 6.07 Å². The lowest BCUT2D eigenvalue weighted by molar-refractivity contribution is -0.110. The molecule has 0 bridgehead atoms. The molecule has 0 spiro atoms. The van der Waals surface area contributed by atoms with Gasteiger partial charge in [-0.25, -0.2) is 0 Å². The van der Waals surface area contributed by atoms with Crippen LogP contribution in [0.25, 0.3) is 0 Å². The molecule has 5 heteroatoms. The third-order valence-corrected chi connectivity index (χ3v) is 1.70. The Balaban J connectivity index is 2.76. The Hall–Kier alpha value is -2.17. The van der Waals surface area contributed by atoms with Gasteiger partial charge in [0.25, 0.3) is 5.91 Å². The highest BCUT2D eigenvalue weighted by Gasteiger charge is 2.14. The molecule has 0 saturated heterocycles. The van der Waals surface area contributed by atoms with E-state index < -0.39 is 5.91 Å². The summed E-state index contributed by atoms with van der Waals surface area (Å²) in [7, 11) is 0. The molecule has 0 unspecified atom stereocenters. The number of benzene rings is 1. The van der Waals surface area contributed by atoms with Gasteiger partial charge in [-0.15, -0.1) is 0 Å². The van der Waals surface area contributed by atoms with Gasteiger partial charge in [-0.3, -0.25) is 4.79 Å². The van der Waals surface area contributed by atoms with Crippen molar-refractivity contribution in [1.82, 2.24) is 0 Å². The molecule has 15 heavy (non-hydrogen) atoms. The van der Waals surface area contributed by atoms with Gasteiger partial charge in [-0.2, -0.15) is 0 Å². The molecule has 0 aliphatic carbocycles. The van der Waals surface area contributed by atoms with E-state index in [0.29, 0.717) is 5.69 Å². The van der Waals surface area contributed by atoms with Crippen LogP contribution in [0.1, 0.15) is 6.92 Å². The minimum Gasteiger partial charge on any atom is -0.410 e. The highest BCUT2D eigenvalue weighted by molar-refractivity contribution is 6.67. The molecule has 0 aliphatic heterocycles. The minimum absolute atomic E-state index is 0.0917. The van der Waals surface area contributed by atoms with Crippen LogP contribution in [-0.4, -0.2) is 22.5 Å². The monoisotopic (exact) mass is 205 g/mol. The van der Waals surface area contributed by atoms with E-state index >= 15 is 0 Å². The summed E-state index contributed by atoms with van der Waals surface area (Å²) in [5.41, 5.74) is 0.203. The average molecular weight is 205 g/mol. The standard InChI is InChI=1S/C10H11N3O2/c1-7(11)9(13-15)10(14)12-8-5-3-2-4-6-8/h2-6,11,15H,1H3,(H,12,14). The van der Waals surface area contributed by atoms with Gasteiger partial charge in [-0.1, -0.05) is 23.4 Å². The van der Waals surface area contributed by atoms with Crippen molar-refractivity contribution in [3.8, 4) is 0 Å². The number of carbonyl (C=O) groups excluding carboxylic acids is 1. The van der Waals surface area contributed by atoms with Gasteiger partial charge >= 0.3 is 0 Å². The first-order valence-corrected chi connectivity index (χ1v) is 4.29. The molecule has 0 aliphatic rings. The molecule has 0 radical (unpaired) electrons. The van der Waals surface area contributed by atoms with Crippen LogP contribution < -0.4 is 5.32 Å². The van der Waals surface area contributed by atoms with Crippen molar-refractivity contribution in [2.75, 3.05) is 5.32 Å². The highest BCUT2D eigenvalue weighted by atomic mass is 16.4. The fourth-order valence-corrected chi connectivity index (χ4v) is 1.00. The summed E-state index contributed by atoms with van der Waals surface area (Å²) in [6, 6.07) is 8.75. The molecule has 0 heterocycles. The van der Waals surface area contributed by atoms with Gasteiger partial charge in [0.15, 0.2) is 5.71 Å². The zero-order valence-electron chi connectivity index (χ0n) is 8.19. The van der Waals surface area contributed by atoms with Crippen molar-refractivity contribution >= 4 is 23.0 Å². The smallest absolute Gasteiger partial charge is 0.279 e. The van der Waals surface area contributed by atoms with Gasteiger partial charge in [0.05, 0.1) is 5.71 Å². The Kier molecular flexibility index (Phi) is 3.56. The van der Waals surface area contributed by atoms with E-state index in [0.717, 1.165) is 0 Å². The van der Waals surface area contributed by atoms with Crippen molar-refractivity contribution < 1.29 is 10.0 Å². The van der Waals surface area contributed by atoms with E-state index in [2.05, 4.69) is 10.5 Å². The molecular formula is C10H11N3O2. The van der Waals surface area contributed by atoms with Crippen LogP contribution in [0.3, 0.4) is 0 Å². The topological polar surface area (TPSA) is 85.5 Å². The van der Waals surface area contributed by atoms with Crippen molar-refractivity contribution in [2.24, 2.45) is 5.16 Å². The molecule has 0 fully saturated rings. The van der Waals surface area contributed by atoms with E-state index in [4.69, 9.17) is 10.6 Å². The second-order valence-electron chi connectivity index (χ2n) is 2.89. The molecule has 0 atom stereocenters. The number of para-hydroxylation sites is 1. The molecule has 1 aromatic carbocycles. The maximum Gasteiger partial charge on any atom is 0.279 e. The lowest BCUT2D eigenvalue weighted by atomic mass is 10.2. The predicted molar refractivity (Wildman–Crippen MR) is 57.7 cm³/mol. The van der Waals surface area contributed by atoms with Crippen LogP contribution in [0, 0.1) is 5.41 Å². The maximum atomic E-state index is 11.4. The number of rotatable bonds is 3. The lowest BCUT2D eigenvalue weighted by Crippen LogP contribution is -2.28. The van der Waals surface area contributed by atoms with Crippen molar-refractivity contribution in [3.63, 3.8) is 0 Å². The summed E-state index contributed by atoms with van der Waals surface area (Å²) in [6.07, 6.45) is 0. The van der Waals surface area contributed by atoms with Crippen LogP contribution in [0.2, 0.25) is 0 Å². The number of amides is 1. The van der Waals surface area contributed by atoms with Crippen LogP contribution in [0.4, 0.5) is 5.69 Å². The van der Waals surface area contributed by atoms with Gasteiger partial charge in [0, 0.05) is 5.69 Å². The summed E-state index contributed by atoms with van der Waals surface area (Å²) < 4.78 is 0. The molecular weight excluding hydrogens is 194 g/mol. The highest BCUT2D eigenvalue weighted by Crippen LogP contribution is 2.04. The molecule has 1 aromatic rings. The number of hydrogen-bond donors (Lipinski definition) is 3. The predicted octanol–water partition coefficient (Wildman–Crippen LogP) is 1.49. The van der Waals surface area contributed by atoms with Gasteiger partial charge in [0.1, 0.15) is 0 Å². The quantitative estimate of drug-likeness (QED) is 0.396. The first-order chi connectivity index (χ1) is 7.15. The van der Waals surface area contributed by atoms with Crippen molar-refractivity contribution in [2.45, 2.75) is 6.92 Å². The Morgan fingerprint density at radius 3 is 2.47 bits per heavy atom. The summed E-state index contributed by atoms with van der Waals surface area (Å²) in [5, 5.41) is 21.0. The van der Waals surface area contributed by atoms with E-state index in [9.17, 15) is 4.79 Å². The number of anilines is 1. The number of nitrogens with zero attached hydrogens (tertiary/aromatic N) is 1. The van der Waals surface area contributed by atoms with Crippen molar-refractivity contribution in [1.29, 1.82) is 5.41 Å². The zero-order valence-corrected chi connectivity index (χ0v) is 8.19.